The van der Waals surface area contributed by atoms with Crippen LogP contribution in [-0.2, 0) is 4.79 Å². The molecule has 0 bridgehead atoms. The van der Waals surface area contributed by atoms with Crippen LogP contribution in [0.3, 0.4) is 0 Å². The fourth-order valence-corrected chi connectivity index (χ4v) is 2.13. The van der Waals surface area contributed by atoms with E-state index in [9.17, 15) is 14.4 Å². The lowest BCUT2D eigenvalue weighted by Crippen LogP contribution is -2.41. The number of benzene rings is 2. The van der Waals surface area contributed by atoms with Gasteiger partial charge in [-0.15, -0.1) is 0 Å². The number of anilines is 1. The summed E-state index contributed by atoms with van der Waals surface area (Å²) in [6, 6.07) is 13.0. The van der Waals surface area contributed by atoms with Crippen molar-refractivity contribution in [3.63, 3.8) is 0 Å². The van der Waals surface area contributed by atoms with Crippen LogP contribution in [0, 0.1) is 0 Å². The molecule has 7 nitrogen and oxygen atoms in total. The topological polar surface area (TPSA) is 96.5 Å². The van der Waals surface area contributed by atoms with Crippen molar-refractivity contribution in [3.8, 4) is 5.75 Å². The first kappa shape index (κ1) is 20.0. The third kappa shape index (κ3) is 6.14. The molecule has 3 amide bonds. The summed E-state index contributed by atoms with van der Waals surface area (Å²) in [5, 5.41) is 2.70. The van der Waals surface area contributed by atoms with E-state index in [4.69, 9.17) is 4.74 Å². The number of rotatable bonds is 7. The van der Waals surface area contributed by atoms with E-state index in [1.54, 1.807) is 55.5 Å². The van der Waals surface area contributed by atoms with Crippen LogP contribution in [0.4, 0.5) is 5.69 Å². The largest absolute Gasteiger partial charge is 0.494 e. The highest BCUT2D eigenvalue weighted by Gasteiger charge is 2.10. The summed E-state index contributed by atoms with van der Waals surface area (Å²) in [6.45, 7) is 4.38. The second-order valence-corrected chi connectivity index (χ2v) is 5.76. The van der Waals surface area contributed by atoms with Crippen LogP contribution >= 0.6 is 0 Å². The van der Waals surface area contributed by atoms with Gasteiger partial charge in [0.05, 0.1) is 6.61 Å². The molecule has 0 aromatic heterocycles. The molecular formula is C20H23N3O4. The SMILES string of the molecule is CCCOc1ccc(C(=O)NNC(=O)c2ccc(NC(=O)CC)cc2)cc1. The molecule has 3 N–H and O–H groups in total. The van der Waals surface area contributed by atoms with Crippen LogP contribution in [0.2, 0.25) is 0 Å². The molecule has 0 radical (unpaired) electrons. The normalized spacial score (nSPS) is 10.0. The van der Waals surface area contributed by atoms with Crippen LogP contribution in [0.1, 0.15) is 47.4 Å². The minimum absolute atomic E-state index is 0.106. The van der Waals surface area contributed by atoms with E-state index in [2.05, 4.69) is 16.2 Å². The predicted molar refractivity (Wildman–Crippen MR) is 103 cm³/mol. The zero-order chi connectivity index (χ0) is 19.6. The Morgan fingerprint density at radius 3 is 1.81 bits per heavy atom. The minimum atomic E-state index is -0.459. The molecule has 2 rings (SSSR count). The van der Waals surface area contributed by atoms with Crippen molar-refractivity contribution in [3.05, 3.63) is 59.7 Å². The summed E-state index contributed by atoms with van der Waals surface area (Å²) in [5.74, 6) is -0.310. The van der Waals surface area contributed by atoms with Crippen molar-refractivity contribution in [2.24, 2.45) is 0 Å². The van der Waals surface area contributed by atoms with Gasteiger partial charge in [0.25, 0.3) is 11.8 Å². The smallest absolute Gasteiger partial charge is 0.269 e. The Hall–Kier alpha value is -3.35. The Morgan fingerprint density at radius 1 is 0.815 bits per heavy atom. The number of hydrazine groups is 1. The highest BCUT2D eigenvalue weighted by Crippen LogP contribution is 2.12. The van der Waals surface area contributed by atoms with E-state index < -0.39 is 11.8 Å². The number of nitrogens with one attached hydrogen (secondary N) is 3. The van der Waals surface area contributed by atoms with E-state index in [0.717, 1.165) is 6.42 Å². The lowest BCUT2D eigenvalue weighted by atomic mass is 10.2. The number of amides is 3. The minimum Gasteiger partial charge on any atom is -0.494 e. The first-order chi connectivity index (χ1) is 13.0. The maximum atomic E-state index is 12.1. The Labute approximate surface area is 158 Å². The highest BCUT2D eigenvalue weighted by molar-refractivity contribution is 5.99. The van der Waals surface area contributed by atoms with Crippen molar-refractivity contribution in [2.45, 2.75) is 26.7 Å². The standard InChI is InChI=1S/C20H23N3O4/c1-3-13-27-17-11-7-15(8-12-17)20(26)23-22-19(25)14-5-9-16(10-6-14)21-18(24)4-2/h5-12H,3-4,13H2,1-2H3,(H,21,24)(H,22,25)(H,23,26). The zero-order valence-corrected chi connectivity index (χ0v) is 15.4. The molecule has 0 aliphatic rings. The van der Waals surface area contributed by atoms with Crippen molar-refractivity contribution >= 4 is 23.4 Å². The molecule has 2 aromatic carbocycles. The summed E-state index contributed by atoms with van der Waals surface area (Å²) in [7, 11) is 0. The maximum Gasteiger partial charge on any atom is 0.269 e. The number of hydrogen-bond donors (Lipinski definition) is 3. The highest BCUT2D eigenvalue weighted by atomic mass is 16.5. The summed E-state index contributed by atoms with van der Waals surface area (Å²) < 4.78 is 5.46. The first-order valence-corrected chi connectivity index (χ1v) is 8.77. The lowest BCUT2D eigenvalue weighted by Gasteiger charge is -2.09. The van der Waals surface area contributed by atoms with Gasteiger partial charge in [0, 0.05) is 23.2 Å². The predicted octanol–water partition coefficient (Wildman–Crippen LogP) is 2.90. The van der Waals surface area contributed by atoms with Crippen molar-refractivity contribution in [1.82, 2.24) is 10.9 Å². The van der Waals surface area contributed by atoms with Gasteiger partial charge in [-0.05, 0) is 55.0 Å². The quantitative estimate of drug-likeness (QED) is 0.654. The molecule has 0 heterocycles. The Bertz CT molecular complexity index is 786. The van der Waals surface area contributed by atoms with Crippen molar-refractivity contribution in [2.75, 3.05) is 11.9 Å². The third-order valence-corrected chi connectivity index (χ3v) is 3.63. The van der Waals surface area contributed by atoms with Gasteiger partial charge in [-0.25, -0.2) is 0 Å². The van der Waals surface area contributed by atoms with Crippen LogP contribution in [-0.4, -0.2) is 24.3 Å². The molecule has 0 fully saturated rings. The summed E-state index contributed by atoms with van der Waals surface area (Å²) in [4.78, 5) is 35.5. The fourth-order valence-electron chi connectivity index (χ4n) is 2.13. The molecule has 0 saturated heterocycles. The summed E-state index contributed by atoms with van der Waals surface area (Å²) in [6.07, 6.45) is 1.28. The van der Waals surface area contributed by atoms with Crippen LogP contribution < -0.4 is 20.9 Å². The second kappa shape index (κ2) is 9.96. The number of carbonyl (C=O) groups is 3. The summed E-state index contributed by atoms with van der Waals surface area (Å²) in [5.41, 5.74) is 6.09. The number of carbonyl (C=O) groups excluding carboxylic acids is 3. The molecule has 0 spiro atoms. The molecule has 0 aliphatic carbocycles. The zero-order valence-electron chi connectivity index (χ0n) is 15.4. The van der Waals surface area contributed by atoms with Gasteiger partial charge in [0.15, 0.2) is 0 Å². The molecular weight excluding hydrogens is 346 g/mol. The molecule has 27 heavy (non-hydrogen) atoms. The Balaban J connectivity index is 1.87. The summed E-state index contributed by atoms with van der Waals surface area (Å²) >= 11 is 0. The van der Waals surface area contributed by atoms with Gasteiger partial charge in [-0.2, -0.15) is 0 Å². The number of ether oxygens (including phenoxy) is 1. The first-order valence-electron chi connectivity index (χ1n) is 8.77. The van der Waals surface area contributed by atoms with E-state index in [1.807, 2.05) is 6.92 Å². The van der Waals surface area contributed by atoms with Crippen LogP contribution in [0.15, 0.2) is 48.5 Å². The van der Waals surface area contributed by atoms with E-state index in [0.29, 0.717) is 35.6 Å². The maximum absolute atomic E-state index is 12.1. The van der Waals surface area contributed by atoms with Gasteiger partial charge < -0.3 is 10.1 Å². The molecule has 0 atom stereocenters. The third-order valence-electron chi connectivity index (χ3n) is 3.63. The van der Waals surface area contributed by atoms with Gasteiger partial charge in [-0.3, -0.25) is 25.2 Å². The van der Waals surface area contributed by atoms with Crippen molar-refractivity contribution in [1.29, 1.82) is 0 Å². The van der Waals surface area contributed by atoms with Crippen LogP contribution in [0.5, 0.6) is 5.75 Å². The number of hydrogen-bond acceptors (Lipinski definition) is 4. The second-order valence-electron chi connectivity index (χ2n) is 5.76. The molecule has 142 valence electrons. The van der Waals surface area contributed by atoms with Crippen molar-refractivity contribution < 1.29 is 19.1 Å². The van der Waals surface area contributed by atoms with Crippen LogP contribution in [0.25, 0.3) is 0 Å². The Kier molecular flexibility index (Phi) is 7.37. The Morgan fingerprint density at radius 2 is 1.33 bits per heavy atom. The molecule has 0 unspecified atom stereocenters. The fraction of sp³-hybridized carbons (Fsp3) is 0.250. The molecule has 2 aromatic rings. The van der Waals surface area contributed by atoms with Gasteiger partial charge >= 0.3 is 0 Å². The van der Waals surface area contributed by atoms with Gasteiger partial charge in [0.1, 0.15) is 5.75 Å². The molecule has 0 aliphatic heterocycles. The van der Waals surface area contributed by atoms with E-state index in [1.165, 1.54) is 0 Å². The van der Waals surface area contributed by atoms with E-state index in [-0.39, 0.29) is 5.91 Å². The lowest BCUT2D eigenvalue weighted by molar-refractivity contribution is -0.115. The van der Waals surface area contributed by atoms with Gasteiger partial charge in [0.2, 0.25) is 5.91 Å². The van der Waals surface area contributed by atoms with E-state index >= 15 is 0 Å². The molecule has 7 heteroatoms. The van der Waals surface area contributed by atoms with Gasteiger partial charge in [-0.1, -0.05) is 13.8 Å². The monoisotopic (exact) mass is 369 g/mol. The average molecular weight is 369 g/mol. The molecule has 0 saturated carbocycles. The average Bonchev–Trinajstić information content (AvgIpc) is 2.71.